The quantitative estimate of drug-likeness (QED) is 0.861. The predicted octanol–water partition coefficient (Wildman–Crippen LogP) is 2.80. The monoisotopic (exact) mass is 269 g/mol. The van der Waals surface area contributed by atoms with E-state index < -0.39 is 0 Å². The Morgan fingerprint density at radius 2 is 1.89 bits per heavy atom. The zero-order chi connectivity index (χ0) is 13.0. The number of rotatable bonds is 5. The summed E-state index contributed by atoms with van der Waals surface area (Å²) in [5, 5.41) is 6.52. The van der Waals surface area contributed by atoms with E-state index in [1.807, 2.05) is 6.92 Å². The lowest BCUT2D eigenvalue weighted by molar-refractivity contribution is 0.536. The highest BCUT2D eigenvalue weighted by molar-refractivity contribution is 6.28. The molecule has 5 nitrogen and oxygen atoms in total. The molecule has 1 heterocycles. The minimum Gasteiger partial charge on any atom is -0.354 e. The summed E-state index contributed by atoms with van der Waals surface area (Å²) < 4.78 is 0. The molecule has 2 N–H and O–H groups in total. The molecule has 0 saturated heterocycles. The Labute approximate surface area is 113 Å². The molecule has 1 aliphatic rings. The lowest BCUT2D eigenvalue weighted by atomic mass is 10.1. The van der Waals surface area contributed by atoms with Crippen molar-refractivity contribution in [1.82, 2.24) is 15.0 Å². The van der Waals surface area contributed by atoms with Crippen molar-refractivity contribution >= 4 is 23.5 Å². The fraction of sp³-hybridized carbons (Fsp3) is 0.750. The third kappa shape index (κ3) is 3.70. The second kappa shape index (κ2) is 6.18. The van der Waals surface area contributed by atoms with Crippen LogP contribution < -0.4 is 10.6 Å². The van der Waals surface area contributed by atoms with Gasteiger partial charge < -0.3 is 10.6 Å². The maximum absolute atomic E-state index is 5.86. The Bertz CT molecular complexity index is 398. The molecule has 18 heavy (non-hydrogen) atoms. The van der Waals surface area contributed by atoms with Crippen LogP contribution >= 0.6 is 11.6 Å². The number of nitrogens with zero attached hydrogens (tertiary/aromatic N) is 3. The molecule has 0 radical (unpaired) electrons. The van der Waals surface area contributed by atoms with E-state index in [4.69, 9.17) is 11.6 Å². The molecule has 0 spiro atoms. The number of anilines is 2. The number of halogens is 1. The molecule has 1 aromatic heterocycles. The number of nitrogens with one attached hydrogen (secondary N) is 2. The van der Waals surface area contributed by atoms with Crippen molar-refractivity contribution in [3.63, 3.8) is 0 Å². The SMILES string of the molecule is CCNc1nc(Cl)nc(NCC2CCC(C)C2)n1. The van der Waals surface area contributed by atoms with Crippen LogP contribution in [-0.4, -0.2) is 28.0 Å². The molecule has 1 aliphatic carbocycles. The van der Waals surface area contributed by atoms with E-state index in [1.165, 1.54) is 19.3 Å². The second-order valence-corrected chi connectivity index (χ2v) is 5.29. The molecule has 0 aliphatic heterocycles. The normalized spacial score (nSPS) is 23.1. The smallest absolute Gasteiger partial charge is 0.228 e. The average molecular weight is 270 g/mol. The van der Waals surface area contributed by atoms with E-state index in [0.29, 0.717) is 11.9 Å². The Morgan fingerprint density at radius 1 is 1.17 bits per heavy atom. The van der Waals surface area contributed by atoms with Crippen LogP contribution in [0.5, 0.6) is 0 Å². The summed E-state index contributed by atoms with van der Waals surface area (Å²) in [6, 6.07) is 0. The van der Waals surface area contributed by atoms with Gasteiger partial charge in [-0.25, -0.2) is 0 Å². The fourth-order valence-corrected chi connectivity index (χ4v) is 2.57. The van der Waals surface area contributed by atoms with Crippen LogP contribution in [0.15, 0.2) is 0 Å². The second-order valence-electron chi connectivity index (χ2n) is 4.95. The van der Waals surface area contributed by atoms with Crippen LogP contribution in [0, 0.1) is 11.8 Å². The zero-order valence-electron chi connectivity index (χ0n) is 10.9. The molecule has 2 rings (SSSR count). The highest BCUT2D eigenvalue weighted by Crippen LogP contribution is 2.30. The van der Waals surface area contributed by atoms with Gasteiger partial charge in [-0.15, -0.1) is 0 Å². The topological polar surface area (TPSA) is 62.7 Å². The van der Waals surface area contributed by atoms with Crippen LogP contribution in [0.25, 0.3) is 0 Å². The molecule has 0 bridgehead atoms. The first-order valence-corrected chi connectivity index (χ1v) is 6.94. The summed E-state index contributed by atoms with van der Waals surface area (Å²) >= 11 is 5.86. The minimum atomic E-state index is 0.225. The Hall–Kier alpha value is -1.10. The van der Waals surface area contributed by atoms with Crippen molar-refractivity contribution in [3.8, 4) is 0 Å². The Morgan fingerprint density at radius 3 is 2.50 bits per heavy atom. The van der Waals surface area contributed by atoms with Crippen LogP contribution in [-0.2, 0) is 0 Å². The minimum absolute atomic E-state index is 0.225. The molecule has 6 heteroatoms. The van der Waals surface area contributed by atoms with Gasteiger partial charge in [-0.2, -0.15) is 15.0 Å². The number of hydrogen-bond donors (Lipinski definition) is 2. The van der Waals surface area contributed by atoms with E-state index in [-0.39, 0.29) is 5.28 Å². The fourth-order valence-electron chi connectivity index (χ4n) is 2.41. The molecule has 1 aromatic rings. The molecule has 2 atom stereocenters. The summed E-state index contributed by atoms with van der Waals surface area (Å²) in [5.41, 5.74) is 0. The van der Waals surface area contributed by atoms with Crippen molar-refractivity contribution in [2.75, 3.05) is 23.7 Å². The Balaban J connectivity index is 1.92. The van der Waals surface area contributed by atoms with Crippen molar-refractivity contribution in [1.29, 1.82) is 0 Å². The standard InChI is InChI=1S/C12H20ClN5/c1-3-14-11-16-10(13)17-12(18-11)15-7-9-5-4-8(2)6-9/h8-9H,3-7H2,1-2H3,(H2,14,15,16,17,18). The highest BCUT2D eigenvalue weighted by Gasteiger charge is 2.21. The van der Waals surface area contributed by atoms with E-state index in [2.05, 4.69) is 32.5 Å². The van der Waals surface area contributed by atoms with E-state index >= 15 is 0 Å². The third-order valence-corrected chi connectivity index (χ3v) is 3.46. The summed E-state index contributed by atoms with van der Waals surface area (Å²) in [5.74, 6) is 2.65. The molecule has 1 fully saturated rings. The summed E-state index contributed by atoms with van der Waals surface area (Å²) in [4.78, 5) is 12.4. The molecule has 1 saturated carbocycles. The van der Waals surface area contributed by atoms with Gasteiger partial charge in [-0.05, 0) is 43.2 Å². The molecule has 0 aromatic carbocycles. The predicted molar refractivity (Wildman–Crippen MR) is 74.0 cm³/mol. The molecule has 100 valence electrons. The number of hydrogen-bond acceptors (Lipinski definition) is 5. The van der Waals surface area contributed by atoms with Crippen LogP contribution in [0.3, 0.4) is 0 Å². The summed E-state index contributed by atoms with van der Waals surface area (Å²) in [7, 11) is 0. The van der Waals surface area contributed by atoms with E-state index in [9.17, 15) is 0 Å². The van der Waals surface area contributed by atoms with E-state index in [1.54, 1.807) is 0 Å². The Kier molecular flexibility index (Phi) is 4.58. The maximum atomic E-state index is 5.86. The van der Waals surface area contributed by atoms with Gasteiger partial charge >= 0.3 is 0 Å². The molecular formula is C12H20ClN5. The summed E-state index contributed by atoms with van der Waals surface area (Å²) in [6.45, 7) is 5.98. The van der Waals surface area contributed by atoms with Gasteiger partial charge in [0, 0.05) is 13.1 Å². The highest BCUT2D eigenvalue weighted by atomic mass is 35.5. The van der Waals surface area contributed by atoms with Gasteiger partial charge in [-0.1, -0.05) is 13.3 Å². The van der Waals surface area contributed by atoms with E-state index in [0.717, 1.165) is 24.9 Å². The molecule has 0 amide bonds. The van der Waals surface area contributed by atoms with Gasteiger partial charge in [0.25, 0.3) is 0 Å². The lowest BCUT2D eigenvalue weighted by Crippen LogP contribution is -2.15. The van der Waals surface area contributed by atoms with Gasteiger partial charge in [0.05, 0.1) is 0 Å². The van der Waals surface area contributed by atoms with Crippen molar-refractivity contribution < 1.29 is 0 Å². The van der Waals surface area contributed by atoms with Gasteiger partial charge in [0.1, 0.15) is 0 Å². The molecular weight excluding hydrogens is 250 g/mol. The van der Waals surface area contributed by atoms with Gasteiger partial charge in [-0.3, -0.25) is 0 Å². The largest absolute Gasteiger partial charge is 0.354 e. The lowest BCUT2D eigenvalue weighted by Gasteiger charge is -2.11. The first-order chi connectivity index (χ1) is 8.67. The van der Waals surface area contributed by atoms with Gasteiger partial charge in [0.15, 0.2) is 0 Å². The number of aromatic nitrogens is 3. The maximum Gasteiger partial charge on any atom is 0.228 e. The van der Waals surface area contributed by atoms with Crippen LogP contribution in [0.1, 0.15) is 33.1 Å². The van der Waals surface area contributed by atoms with Crippen molar-refractivity contribution in [2.45, 2.75) is 33.1 Å². The van der Waals surface area contributed by atoms with Crippen molar-refractivity contribution in [3.05, 3.63) is 5.28 Å². The first kappa shape index (κ1) is 13.3. The van der Waals surface area contributed by atoms with Crippen LogP contribution in [0.2, 0.25) is 5.28 Å². The van der Waals surface area contributed by atoms with Crippen molar-refractivity contribution in [2.24, 2.45) is 11.8 Å². The third-order valence-electron chi connectivity index (χ3n) is 3.30. The zero-order valence-corrected chi connectivity index (χ0v) is 11.7. The molecule has 2 unspecified atom stereocenters. The summed E-state index contributed by atoms with van der Waals surface area (Å²) in [6.07, 6.45) is 3.89. The first-order valence-electron chi connectivity index (χ1n) is 6.56. The van der Waals surface area contributed by atoms with Gasteiger partial charge in [0.2, 0.25) is 17.2 Å². The average Bonchev–Trinajstić information content (AvgIpc) is 2.72. The van der Waals surface area contributed by atoms with Crippen LogP contribution in [0.4, 0.5) is 11.9 Å².